The Morgan fingerprint density at radius 2 is 2.39 bits per heavy atom. The van der Waals surface area contributed by atoms with Gasteiger partial charge in [0.1, 0.15) is 6.10 Å². The fourth-order valence-electron chi connectivity index (χ4n) is 1.93. The Hall–Kier alpha value is -1.57. The predicted octanol–water partition coefficient (Wildman–Crippen LogP) is 2.58. The number of benzene rings is 1. The van der Waals surface area contributed by atoms with Gasteiger partial charge in [-0.05, 0) is 30.5 Å². The minimum atomic E-state index is -0.438. The van der Waals surface area contributed by atoms with Gasteiger partial charge < -0.3 is 10.1 Å². The zero-order valence-corrected chi connectivity index (χ0v) is 10.7. The fourth-order valence-corrected chi connectivity index (χ4v) is 2.09. The number of carbonyl (C=O) groups excluding carboxylic acids is 1. The van der Waals surface area contributed by atoms with Crippen LogP contribution in [0, 0.1) is 17.2 Å². The van der Waals surface area contributed by atoms with Crippen LogP contribution in [0.4, 0.5) is 5.69 Å². The maximum absolute atomic E-state index is 12.0. The average molecular weight is 265 g/mol. The zero-order chi connectivity index (χ0) is 13.1. The van der Waals surface area contributed by atoms with Gasteiger partial charge >= 0.3 is 0 Å². The Bertz CT molecular complexity index is 510. The van der Waals surface area contributed by atoms with Crippen molar-refractivity contribution in [3.05, 3.63) is 28.8 Å². The molecule has 94 valence electrons. The molecule has 0 spiro atoms. The monoisotopic (exact) mass is 264 g/mol. The number of rotatable bonds is 2. The fraction of sp³-hybridized carbons (Fsp3) is 0.385. The molecule has 1 aliphatic heterocycles. The summed E-state index contributed by atoms with van der Waals surface area (Å²) in [5, 5.41) is 11.9. The first-order valence-corrected chi connectivity index (χ1v) is 6.11. The Balaban J connectivity index is 2.14. The van der Waals surface area contributed by atoms with Crippen molar-refractivity contribution in [1.82, 2.24) is 0 Å². The lowest BCUT2D eigenvalue weighted by Crippen LogP contribution is -2.31. The molecule has 1 aromatic rings. The Morgan fingerprint density at radius 3 is 3.00 bits per heavy atom. The van der Waals surface area contributed by atoms with Gasteiger partial charge in [-0.3, -0.25) is 4.79 Å². The number of carbonyl (C=O) groups is 1. The van der Waals surface area contributed by atoms with Crippen LogP contribution < -0.4 is 5.32 Å². The first-order chi connectivity index (χ1) is 8.61. The Kier molecular flexibility index (Phi) is 3.85. The molecule has 0 aliphatic carbocycles. The molecule has 1 aromatic carbocycles. The van der Waals surface area contributed by atoms with Crippen LogP contribution in [0.3, 0.4) is 0 Å². The third kappa shape index (κ3) is 2.63. The topological polar surface area (TPSA) is 62.1 Å². The number of nitrogens with zero attached hydrogens (tertiary/aromatic N) is 1. The molecule has 1 fully saturated rings. The van der Waals surface area contributed by atoms with E-state index in [9.17, 15) is 4.79 Å². The molecule has 0 aromatic heterocycles. The van der Waals surface area contributed by atoms with Crippen LogP contribution in [0.25, 0.3) is 0 Å². The number of hydrogen-bond donors (Lipinski definition) is 1. The van der Waals surface area contributed by atoms with Gasteiger partial charge in [0.2, 0.25) is 0 Å². The second kappa shape index (κ2) is 5.38. The summed E-state index contributed by atoms with van der Waals surface area (Å²) < 4.78 is 5.38. The highest BCUT2D eigenvalue weighted by Crippen LogP contribution is 2.26. The van der Waals surface area contributed by atoms with Crippen LogP contribution in [0.15, 0.2) is 18.2 Å². The largest absolute Gasteiger partial charge is 0.368 e. The van der Waals surface area contributed by atoms with E-state index in [0.717, 1.165) is 6.42 Å². The van der Waals surface area contributed by atoms with E-state index < -0.39 is 6.10 Å². The smallest absolute Gasteiger partial charge is 0.253 e. The molecule has 5 heteroatoms. The molecule has 2 atom stereocenters. The molecule has 1 saturated heterocycles. The van der Waals surface area contributed by atoms with Crippen LogP contribution in [0.2, 0.25) is 5.02 Å². The van der Waals surface area contributed by atoms with E-state index in [0.29, 0.717) is 22.9 Å². The summed E-state index contributed by atoms with van der Waals surface area (Å²) in [5.74, 6) is -0.0140. The number of nitrogens with one attached hydrogen (secondary N) is 1. The van der Waals surface area contributed by atoms with E-state index in [4.69, 9.17) is 21.6 Å². The minimum Gasteiger partial charge on any atom is -0.368 e. The molecule has 0 radical (unpaired) electrons. The molecule has 18 heavy (non-hydrogen) atoms. The van der Waals surface area contributed by atoms with Crippen molar-refractivity contribution in [3.63, 3.8) is 0 Å². The number of hydrogen-bond acceptors (Lipinski definition) is 3. The van der Waals surface area contributed by atoms with Gasteiger partial charge in [0, 0.05) is 6.61 Å². The lowest BCUT2D eigenvalue weighted by molar-refractivity contribution is -0.126. The van der Waals surface area contributed by atoms with Gasteiger partial charge in [0.05, 0.1) is 22.3 Å². The molecular weight excluding hydrogens is 252 g/mol. The Morgan fingerprint density at radius 1 is 1.61 bits per heavy atom. The highest BCUT2D eigenvalue weighted by molar-refractivity contribution is 6.33. The maximum Gasteiger partial charge on any atom is 0.253 e. The first kappa shape index (κ1) is 12.9. The van der Waals surface area contributed by atoms with Crippen molar-refractivity contribution >= 4 is 23.2 Å². The number of halogens is 1. The van der Waals surface area contributed by atoms with Crippen molar-refractivity contribution in [2.24, 2.45) is 5.92 Å². The summed E-state index contributed by atoms with van der Waals surface area (Å²) >= 11 is 5.98. The highest BCUT2D eigenvalue weighted by Gasteiger charge is 2.31. The van der Waals surface area contributed by atoms with E-state index >= 15 is 0 Å². The minimum absolute atomic E-state index is 0.197. The van der Waals surface area contributed by atoms with Crippen molar-refractivity contribution in [2.45, 2.75) is 19.4 Å². The van der Waals surface area contributed by atoms with E-state index in [1.165, 1.54) is 0 Å². The van der Waals surface area contributed by atoms with Gasteiger partial charge in [0.25, 0.3) is 5.91 Å². The SMILES string of the molecule is CC1CCOC1C(=O)Nc1cc(C#N)ccc1Cl. The Labute approximate surface area is 111 Å². The van der Waals surface area contributed by atoms with Crippen LogP contribution >= 0.6 is 11.6 Å². The van der Waals surface area contributed by atoms with Gasteiger partial charge in [0.15, 0.2) is 0 Å². The summed E-state index contributed by atoms with van der Waals surface area (Å²) in [6.45, 7) is 2.58. The summed E-state index contributed by atoms with van der Waals surface area (Å²) in [6, 6.07) is 6.76. The van der Waals surface area contributed by atoms with Crippen LogP contribution in [0.1, 0.15) is 18.9 Å². The number of amides is 1. The van der Waals surface area contributed by atoms with Crippen LogP contribution in [-0.2, 0) is 9.53 Å². The second-order valence-corrected chi connectivity index (χ2v) is 4.76. The lowest BCUT2D eigenvalue weighted by atomic mass is 10.0. The third-order valence-corrected chi connectivity index (χ3v) is 3.33. The molecule has 0 bridgehead atoms. The second-order valence-electron chi connectivity index (χ2n) is 4.35. The van der Waals surface area contributed by atoms with Crippen molar-refractivity contribution in [1.29, 1.82) is 5.26 Å². The summed E-state index contributed by atoms with van der Waals surface area (Å²) in [5.41, 5.74) is 0.901. The maximum atomic E-state index is 12.0. The standard InChI is InChI=1S/C13H13ClN2O2/c1-8-4-5-18-12(8)13(17)16-11-6-9(7-15)2-3-10(11)14/h2-3,6,8,12H,4-5H2,1H3,(H,16,17). The predicted molar refractivity (Wildman–Crippen MR) is 68.3 cm³/mol. The lowest BCUT2D eigenvalue weighted by Gasteiger charge is -2.15. The first-order valence-electron chi connectivity index (χ1n) is 5.74. The van der Waals surface area contributed by atoms with Crippen molar-refractivity contribution in [3.8, 4) is 6.07 Å². The molecule has 1 amide bonds. The van der Waals surface area contributed by atoms with Crippen LogP contribution in [-0.4, -0.2) is 18.6 Å². The number of nitriles is 1. The summed E-state index contributed by atoms with van der Waals surface area (Å²) in [4.78, 5) is 12.0. The third-order valence-electron chi connectivity index (χ3n) is 3.00. The summed E-state index contributed by atoms with van der Waals surface area (Å²) in [6.07, 6.45) is 0.441. The van der Waals surface area contributed by atoms with E-state index in [-0.39, 0.29) is 11.8 Å². The normalized spacial score (nSPS) is 22.5. The quantitative estimate of drug-likeness (QED) is 0.893. The van der Waals surface area contributed by atoms with Gasteiger partial charge in [-0.15, -0.1) is 0 Å². The van der Waals surface area contributed by atoms with E-state index in [2.05, 4.69) is 5.32 Å². The molecular formula is C13H13ClN2O2. The molecule has 2 rings (SSSR count). The highest BCUT2D eigenvalue weighted by atomic mass is 35.5. The average Bonchev–Trinajstić information content (AvgIpc) is 2.78. The summed E-state index contributed by atoms with van der Waals surface area (Å²) in [7, 11) is 0. The molecule has 4 nitrogen and oxygen atoms in total. The molecule has 0 saturated carbocycles. The zero-order valence-electron chi connectivity index (χ0n) is 9.94. The van der Waals surface area contributed by atoms with Gasteiger partial charge in [-0.1, -0.05) is 18.5 Å². The van der Waals surface area contributed by atoms with Crippen LogP contribution in [0.5, 0.6) is 0 Å². The number of anilines is 1. The van der Waals surface area contributed by atoms with E-state index in [1.807, 2.05) is 13.0 Å². The molecule has 1 aliphatic rings. The van der Waals surface area contributed by atoms with Crippen molar-refractivity contribution in [2.75, 3.05) is 11.9 Å². The van der Waals surface area contributed by atoms with Gasteiger partial charge in [-0.2, -0.15) is 5.26 Å². The van der Waals surface area contributed by atoms with Gasteiger partial charge in [-0.25, -0.2) is 0 Å². The molecule has 1 heterocycles. The van der Waals surface area contributed by atoms with E-state index in [1.54, 1.807) is 18.2 Å². The van der Waals surface area contributed by atoms with Crippen molar-refractivity contribution < 1.29 is 9.53 Å². The molecule has 1 N–H and O–H groups in total. The molecule has 2 unspecified atom stereocenters. The number of ether oxygens (including phenoxy) is 1.